The Morgan fingerprint density at radius 3 is 2.61 bits per heavy atom. The SMILES string of the molecule is CCn1ncc(CNc2nc(C3CCCC3)nc3c2CCNCC3)c1C.Cl.Cl. The quantitative estimate of drug-likeness (QED) is 0.760. The topological polar surface area (TPSA) is 67.7 Å². The van der Waals surface area contributed by atoms with E-state index in [1.807, 2.05) is 10.9 Å². The number of rotatable bonds is 5. The van der Waals surface area contributed by atoms with E-state index in [1.165, 1.54) is 48.2 Å². The van der Waals surface area contributed by atoms with E-state index in [-0.39, 0.29) is 24.8 Å². The summed E-state index contributed by atoms with van der Waals surface area (Å²) in [4.78, 5) is 10.0. The minimum absolute atomic E-state index is 0. The summed E-state index contributed by atoms with van der Waals surface area (Å²) < 4.78 is 2.05. The molecule has 0 bridgehead atoms. The highest BCUT2D eigenvalue weighted by molar-refractivity contribution is 5.85. The van der Waals surface area contributed by atoms with Crippen molar-refractivity contribution in [1.29, 1.82) is 0 Å². The molecule has 0 saturated heterocycles. The zero-order valence-electron chi connectivity index (χ0n) is 16.8. The minimum Gasteiger partial charge on any atom is -0.366 e. The molecule has 2 aromatic heterocycles. The molecule has 2 aliphatic rings. The molecular formula is C20H32Cl2N6. The summed E-state index contributed by atoms with van der Waals surface area (Å²) in [7, 11) is 0. The third kappa shape index (κ3) is 4.78. The van der Waals surface area contributed by atoms with Crippen LogP contribution in [0.25, 0.3) is 0 Å². The van der Waals surface area contributed by atoms with E-state index in [9.17, 15) is 0 Å². The lowest BCUT2D eigenvalue weighted by Gasteiger charge is -2.17. The van der Waals surface area contributed by atoms with Gasteiger partial charge in [-0.1, -0.05) is 12.8 Å². The number of hydrogen-bond acceptors (Lipinski definition) is 5. The van der Waals surface area contributed by atoms with Crippen molar-refractivity contribution in [2.75, 3.05) is 18.4 Å². The van der Waals surface area contributed by atoms with Crippen molar-refractivity contribution < 1.29 is 0 Å². The molecule has 1 aliphatic heterocycles. The molecule has 2 N–H and O–H groups in total. The van der Waals surface area contributed by atoms with Gasteiger partial charge in [-0.25, -0.2) is 9.97 Å². The Labute approximate surface area is 180 Å². The molecule has 0 spiro atoms. The van der Waals surface area contributed by atoms with Gasteiger partial charge >= 0.3 is 0 Å². The van der Waals surface area contributed by atoms with Gasteiger partial charge in [0.25, 0.3) is 0 Å². The molecule has 6 nitrogen and oxygen atoms in total. The van der Waals surface area contributed by atoms with Gasteiger partial charge in [0, 0.05) is 48.8 Å². The van der Waals surface area contributed by atoms with Crippen molar-refractivity contribution in [1.82, 2.24) is 25.1 Å². The lowest BCUT2D eigenvalue weighted by molar-refractivity contribution is 0.638. The van der Waals surface area contributed by atoms with E-state index in [0.717, 1.165) is 50.7 Å². The van der Waals surface area contributed by atoms with Crippen molar-refractivity contribution in [3.8, 4) is 0 Å². The van der Waals surface area contributed by atoms with Crippen LogP contribution in [0.3, 0.4) is 0 Å². The van der Waals surface area contributed by atoms with Crippen LogP contribution >= 0.6 is 24.8 Å². The van der Waals surface area contributed by atoms with Gasteiger partial charge in [0.15, 0.2) is 0 Å². The Morgan fingerprint density at radius 1 is 1.14 bits per heavy atom. The summed E-state index contributed by atoms with van der Waals surface area (Å²) in [5.74, 6) is 2.65. The maximum absolute atomic E-state index is 5.00. The van der Waals surface area contributed by atoms with Crippen LogP contribution in [0.4, 0.5) is 5.82 Å². The van der Waals surface area contributed by atoms with Gasteiger partial charge < -0.3 is 10.6 Å². The van der Waals surface area contributed by atoms with E-state index in [0.29, 0.717) is 5.92 Å². The average Bonchev–Trinajstić information content (AvgIpc) is 3.24. The molecule has 1 fully saturated rings. The molecular weight excluding hydrogens is 395 g/mol. The van der Waals surface area contributed by atoms with Crippen LogP contribution in [-0.2, 0) is 25.9 Å². The van der Waals surface area contributed by atoms with Crippen molar-refractivity contribution in [2.24, 2.45) is 0 Å². The maximum atomic E-state index is 5.00. The second-order valence-electron chi connectivity index (χ2n) is 7.51. The highest BCUT2D eigenvalue weighted by atomic mass is 35.5. The molecule has 156 valence electrons. The van der Waals surface area contributed by atoms with Gasteiger partial charge in [-0.05, 0) is 39.7 Å². The molecule has 0 unspecified atom stereocenters. The lowest BCUT2D eigenvalue weighted by Crippen LogP contribution is -2.16. The van der Waals surface area contributed by atoms with Crippen LogP contribution in [0.2, 0.25) is 0 Å². The van der Waals surface area contributed by atoms with Crippen LogP contribution in [0.1, 0.15) is 66.9 Å². The third-order valence-corrected chi connectivity index (χ3v) is 5.87. The summed E-state index contributed by atoms with van der Waals surface area (Å²) in [5, 5.41) is 11.6. The lowest BCUT2D eigenvalue weighted by atomic mass is 10.0. The van der Waals surface area contributed by atoms with E-state index >= 15 is 0 Å². The van der Waals surface area contributed by atoms with Gasteiger partial charge in [0.1, 0.15) is 11.6 Å². The Balaban J connectivity index is 0.00000140. The average molecular weight is 427 g/mol. The normalized spacial score (nSPS) is 16.6. The molecule has 1 saturated carbocycles. The standard InChI is InChI=1S/C20H30N6.2ClH/c1-3-26-14(2)16(13-23-26)12-22-20-17-8-10-21-11-9-18(17)24-19(25-20)15-6-4-5-7-15;;/h13,15,21H,3-12H2,1-2H3,(H,22,24,25);2*1H. The van der Waals surface area contributed by atoms with Gasteiger partial charge in [-0.2, -0.15) is 5.10 Å². The van der Waals surface area contributed by atoms with Gasteiger partial charge in [-0.15, -0.1) is 24.8 Å². The Morgan fingerprint density at radius 2 is 1.89 bits per heavy atom. The number of halogens is 2. The molecule has 0 aromatic carbocycles. The van der Waals surface area contributed by atoms with Gasteiger partial charge in [-0.3, -0.25) is 4.68 Å². The van der Waals surface area contributed by atoms with Crippen LogP contribution < -0.4 is 10.6 Å². The highest BCUT2D eigenvalue weighted by Crippen LogP contribution is 2.34. The van der Waals surface area contributed by atoms with E-state index in [2.05, 4.69) is 29.6 Å². The number of hydrogen-bond donors (Lipinski definition) is 2. The number of aromatic nitrogens is 4. The molecule has 2 aromatic rings. The van der Waals surface area contributed by atoms with E-state index < -0.39 is 0 Å². The zero-order valence-corrected chi connectivity index (χ0v) is 18.5. The Hall–Kier alpha value is -1.37. The highest BCUT2D eigenvalue weighted by Gasteiger charge is 2.24. The first-order chi connectivity index (χ1) is 12.8. The van der Waals surface area contributed by atoms with Crippen LogP contribution in [0.5, 0.6) is 0 Å². The van der Waals surface area contributed by atoms with Crippen LogP contribution in [0.15, 0.2) is 6.20 Å². The number of nitrogens with zero attached hydrogens (tertiary/aromatic N) is 4. The molecule has 4 rings (SSSR count). The fourth-order valence-electron chi connectivity index (χ4n) is 4.23. The van der Waals surface area contributed by atoms with Crippen molar-refractivity contribution >= 4 is 30.6 Å². The smallest absolute Gasteiger partial charge is 0.134 e. The van der Waals surface area contributed by atoms with Crippen LogP contribution in [-0.4, -0.2) is 32.8 Å². The zero-order chi connectivity index (χ0) is 17.9. The number of anilines is 1. The van der Waals surface area contributed by atoms with Gasteiger partial charge in [0.2, 0.25) is 0 Å². The summed E-state index contributed by atoms with van der Waals surface area (Å²) >= 11 is 0. The second kappa shape index (κ2) is 10.4. The molecule has 0 atom stereocenters. The fraction of sp³-hybridized carbons (Fsp3) is 0.650. The first-order valence-corrected chi connectivity index (χ1v) is 10.1. The molecule has 3 heterocycles. The first-order valence-electron chi connectivity index (χ1n) is 10.1. The van der Waals surface area contributed by atoms with E-state index in [4.69, 9.17) is 9.97 Å². The third-order valence-electron chi connectivity index (χ3n) is 5.87. The van der Waals surface area contributed by atoms with Crippen molar-refractivity contribution in [2.45, 2.75) is 71.4 Å². The van der Waals surface area contributed by atoms with Crippen molar-refractivity contribution in [3.05, 3.63) is 34.5 Å². The Bertz CT molecular complexity index is 770. The molecule has 0 amide bonds. The molecule has 8 heteroatoms. The summed E-state index contributed by atoms with van der Waals surface area (Å²) in [6.07, 6.45) is 9.06. The Kier molecular flexibility index (Phi) is 8.53. The monoisotopic (exact) mass is 426 g/mol. The maximum Gasteiger partial charge on any atom is 0.134 e. The largest absolute Gasteiger partial charge is 0.366 e. The number of nitrogens with one attached hydrogen (secondary N) is 2. The first kappa shape index (κ1) is 22.9. The predicted octanol–water partition coefficient (Wildman–Crippen LogP) is 3.80. The minimum atomic E-state index is 0. The predicted molar refractivity (Wildman–Crippen MR) is 118 cm³/mol. The van der Waals surface area contributed by atoms with Crippen LogP contribution in [0, 0.1) is 6.92 Å². The molecule has 0 radical (unpaired) electrons. The number of fused-ring (bicyclic) bond motifs is 1. The number of aryl methyl sites for hydroxylation is 1. The molecule has 1 aliphatic carbocycles. The van der Waals surface area contributed by atoms with E-state index in [1.54, 1.807) is 0 Å². The second-order valence-corrected chi connectivity index (χ2v) is 7.51. The fourth-order valence-corrected chi connectivity index (χ4v) is 4.23. The summed E-state index contributed by atoms with van der Waals surface area (Å²) in [6.45, 7) is 7.96. The van der Waals surface area contributed by atoms with Crippen molar-refractivity contribution in [3.63, 3.8) is 0 Å². The molecule has 28 heavy (non-hydrogen) atoms. The summed E-state index contributed by atoms with van der Waals surface area (Å²) in [6, 6.07) is 0. The van der Waals surface area contributed by atoms with Gasteiger partial charge in [0.05, 0.1) is 11.9 Å². The summed E-state index contributed by atoms with van der Waals surface area (Å²) in [5.41, 5.74) is 5.03.